The Morgan fingerprint density at radius 3 is 2.58 bits per heavy atom. The van der Waals surface area contributed by atoms with Gasteiger partial charge in [0.2, 0.25) is 0 Å². The topological polar surface area (TPSA) is 35.5 Å². The lowest BCUT2D eigenvalue weighted by atomic mass is 10.0. The average Bonchev–Trinajstić information content (AvgIpc) is 2.16. The lowest BCUT2D eigenvalue weighted by Gasteiger charge is -2.14. The Morgan fingerprint density at radius 2 is 2.08 bits per heavy atom. The van der Waals surface area contributed by atoms with E-state index < -0.39 is 0 Å². The molecule has 0 aromatic rings. The van der Waals surface area contributed by atoms with Gasteiger partial charge in [0.15, 0.2) is 0 Å². The van der Waals surface area contributed by atoms with Crippen LogP contribution in [-0.2, 0) is 14.3 Å². The van der Waals surface area contributed by atoms with Crippen LogP contribution >= 0.6 is 0 Å². The number of carbonyl (C=O) groups excluding carboxylic acids is 1. The van der Waals surface area contributed by atoms with E-state index >= 15 is 0 Å². The van der Waals surface area contributed by atoms with Gasteiger partial charge in [-0.25, -0.2) is 0 Å². The molecule has 66 valence electrons. The summed E-state index contributed by atoms with van der Waals surface area (Å²) in [6, 6.07) is 0. The minimum Gasteiger partial charge on any atom is -0.501 e. The number of allylic oxidation sites excluding steroid dienone is 3. The van der Waals surface area contributed by atoms with E-state index in [2.05, 4.69) is 0 Å². The van der Waals surface area contributed by atoms with Crippen LogP contribution in [0.4, 0.5) is 0 Å². The number of hydrogen-bond acceptors (Lipinski definition) is 3. The minimum atomic E-state index is 0.619. The van der Waals surface area contributed by atoms with Crippen molar-refractivity contribution in [3.05, 3.63) is 23.2 Å². The summed E-state index contributed by atoms with van der Waals surface area (Å²) in [4.78, 5) is 10.5. The van der Waals surface area contributed by atoms with Crippen molar-refractivity contribution in [2.45, 2.75) is 12.8 Å². The van der Waals surface area contributed by atoms with Crippen molar-refractivity contribution in [2.24, 2.45) is 0 Å². The van der Waals surface area contributed by atoms with Crippen LogP contribution in [0.15, 0.2) is 23.2 Å². The van der Waals surface area contributed by atoms with E-state index in [0.29, 0.717) is 17.8 Å². The van der Waals surface area contributed by atoms with Gasteiger partial charge in [-0.05, 0) is 6.42 Å². The van der Waals surface area contributed by atoms with Crippen LogP contribution in [0, 0.1) is 0 Å². The van der Waals surface area contributed by atoms with Gasteiger partial charge in [-0.3, -0.25) is 4.79 Å². The van der Waals surface area contributed by atoms with Crippen molar-refractivity contribution >= 4 is 6.29 Å². The van der Waals surface area contributed by atoms with Crippen molar-refractivity contribution in [1.29, 1.82) is 0 Å². The fourth-order valence-electron chi connectivity index (χ4n) is 1.16. The smallest absolute Gasteiger partial charge is 0.149 e. The minimum absolute atomic E-state index is 0.619. The number of rotatable bonds is 3. The Bertz CT molecular complexity index is 238. The van der Waals surface area contributed by atoms with Crippen LogP contribution in [0.1, 0.15) is 12.8 Å². The Kier molecular flexibility index (Phi) is 2.91. The molecule has 0 unspecified atom stereocenters. The third-order valence-electron chi connectivity index (χ3n) is 1.87. The molecule has 3 nitrogen and oxygen atoms in total. The van der Waals surface area contributed by atoms with Gasteiger partial charge in [-0.15, -0.1) is 0 Å². The zero-order valence-corrected chi connectivity index (χ0v) is 7.29. The second-order valence-electron chi connectivity index (χ2n) is 2.53. The number of aldehydes is 1. The van der Waals surface area contributed by atoms with Crippen LogP contribution < -0.4 is 0 Å². The summed E-state index contributed by atoms with van der Waals surface area (Å²) < 4.78 is 10.1. The molecular formula is C9H12O3. The normalized spacial score (nSPS) is 17.0. The maximum Gasteiger partial charge on any atom is 0.149 e. The van der Waals surface area contributed by atoms with E-state index in [9.17, 15) is 4.79 Å². The quantitative estimate of drug-likeness (QED) is 0.598. The molecule has 0 fully saturated rings. The van der Waals surface area contributed by atoms with Crippen molar-refractivity contribution in [3.63, 3.8) is 0 Å². The maximum atomic E-state index is 10.5. The van der Waals surface area contributed by atoms with Crippen LogP contribution in [0.3, 0.4) is 0 Å². The zero-order valence-electron chi connectivity index (χ0n) is 7.29. The van der Waals surface area contributed by atoms with Gasteiger partial charge in [0.25, 0.3) is 0 Å². The highest BCUT2D eigenvalue weighted by molar-refractivity contribution is 5.75. The molecule has 0 saturated heterocycles. The van der Waals surface area contributed by atoms with E-state index in [1.54, 1.807) is 20.3 Å². The third kappa shape index (κ3) is 1.67. The van der Waals surface area contributed by atoms with E-state index in [1.807, 2.05) is 0 Å². The molecule has 0 saturated carbocycles. The van der Waals surface area contributed by atoms with Crippen LogP contribution in [0.5, 0.6) is 0 Å². The van der Waals surface area contributed by atoms with Crippen molar-refractivity contribution in [1.82, 2.24) is 0 Å². The van der Waals surface area contributed by atoms with Gasteiger partial charge >= 0.3 is 0 Å². The largest absolute Gasteiger partial charge is 0.501 e. The second kappa shape index (κ2) is 3.95. The van der Waals surface area contributed by atoms with E-state index in [4.69, 9.17) is 9.47 Å². The molecule has 3 heteroatoms. The monoisotopic (exact) mass is 168 g/mol. The SMILES string of the molecule is COC1=CC(OC)=C(C=O)CC1. The molecule has 0 aromatic heterocycles. The van der Waals surface area contributed by atoms with Crippen LogP contribution in [-0.4, -0.2) is 20.5 Å². The summed E-state index contributed by atoms with van der Waals surface area (Å²) in [5.74, 6) is 1.48. The maximum absolute atomic E-state index is 10.5. The first-order valence-corrected chi connectivity index (χ1v) is 3.78. The molecule has 0 amide bonds. The van der Waals surface area contributed by atoms with Gasteiger partial charge in [0, 0.05) is 18.1 Å². The summed E-state index contributed by atoms with van der Waals surface area (Å²) in [5, 5.41) is 0. The molecule has 0 atom stereocenters. The van der Waals surface area contributed by atoms with Crippen molar-refractivity contribution in [3.8, 4) is 0 Å². The van der Waals surface area contributed by atoms with Gasteiger partial charge in [0.1, 0.15) is 12.0 Å². The van der Waals surface area contributed by atoms with E-state index in [0.717, 1.165) is 18.5 Å². The van der Waals surface area contributed by atoms with Crippen LogP contribution in [0.2, 0.25) is 0 Å². The summed E-state index contributed by atoms with van der Waals surface area (Å²) in [6.07, 6.45) is 4.07. The van der Waals surface area contributed by atoms with Gasteiger partial charge in [-0.1, -0.05) is 0 Å². The summed E-state index contributed by atoms with van der Waals surface area (Å²) in [7, 11) is 3.17. The first-order chi connectivity index (χ1) is 5.81. The first-order valence-electron chi connectivity index (χ1n) is 3.78. The molecule has 0 aliphatic heterocycles. The lowest BCUT2D eigenvalue weighted by Crippen LogP contribution is -2.03. The molecule has 0 aromatic carbocycles. The fraction of sp³-hybridized carbons (Fsp3) is 0.444. The van der Waals surface area contributed by atoms with Gasteiger partial charge in [-0.2, -0.15) is 0 Å². The third-order valence-corrected chi connectivity index (χ3v) is 1.87. The van der Waals surface area contributed by atoms with Gasteiger partial charge in [0.05, 0.1) is 20.0 Å². The van der Waals surface area contributed by atoms with E-state index in [1.165, 1.54) is 0 Å². The zero-order chi connectivity index (χ0) is 8.97. The van der Waals surface area contributed by atoms with Gasteiger partial charge < -0.3 is 9.47 Å². The molecular weight excluding hydrogens is 156 g/mol. The highest BCUT2D eigenvalue weighted by Crippen LogP contribution is 2.23. The molecule has 12 heavy (non-hydrogen) atoms. The predicted octanol–water partition coefficient (Wildman–Crippen LogP) is 1.41. The molecule has 0 N–H and O–H groups in total. The number of hydrogen-bond donors (Lipinski definition) is 0. The van der Waals surface area contributed by atoms with E-state index in [-0.39, 0.29) is 0 Å². The number of ether oxygens (including phenoxy) is 2. The Labute approximate surface area is 71.7 Å². The number of methoxy groups -OCH3 is 2. The molecule has 1 aliphatic rings. The average molecular weight is 168 g/mol. The highest BCUT2D eigenvalue weighted by atomic mass is 16.5. The van der Waals surface area contributed by atoms with Crippen molar-refractivity contribution in [2.75, 3.05) is 14.2 Å². The number of carbonyl (C=O) groups is 1. The van der Waals surface area contributed by atoms with Crippen LogP contribution in [0.25, 0.3) is 0 Å². The standard InChI is InChI=1S/C9H12O3/c1-11-8-4-3-7(6-10)9(5-8)12-2/h5-6H,3-4H2,1-2H3. The molecule has 0 bridgehead atoms. The Hall–Kier alpha value is -1.25. The highest BCUT2D eigenvalue weighted by Gasteiger charge is 2.13. The Balaban J connectivity index is 2.88. The van der Waals surface area contributed by atoms with Crippen molar-refractivity contribution < 1.29 is 14.3 Å². The Morgan fingerprint density at radius 1 is 1.33 bits per heavy atom. The molecule has 0 spiro atoms. The molecule has 0 heterocycles. The summed E-state index contributed by atoms with van der Waals surface area (Å²) in [6.45, 7) is 0. The fourth-order valence-corrected chi connectivity index (χ4v) is 1.16. The summed E-state index contributed by atoms with van der Waals surface area (Å²) in [5.41, 5.74) is 0.707. The predicted molar refractivity (Wildman–Crippen MR) is 44.4 cm³/mol. The molecule has 1 aliphatic carbocycles. The lowest BCUT2D eigenvalue weighted by molar-refractivity contribution is -0.105. The molecule has 1 rings (SSSR count). The second-order valence-corrected chi connectivity index (χ2v) is 2.53. The summed E-state index contributed by atoms with van der Waals surface area (Å²) >= 11 is 0. The molecule has 0 radical (unpaired) electrons. The first kappa shape index (κ1) is 8.84.